The van der Waals surface area contributed by atoms with Crippen molar-refractivity contribution in [2.45, 2.75) is 19.9 Å². The molecule has 0 saturated carbocycles. The minimum atomic E-state index is 0.446. The summed E-state index contributed by atoms with van der Waals surface area (Å²) < 4.78 is 5.01. The van der Waals surface area contributed by atoms with Crippen molar-refractivity contribution in [1.82, 2.24) is 15.0 Å². The van der Waals surface area contributed by atoms with Gasteiger partial charge in [0.25, 0.3) is 0 Å². The first-order valence-electron chi connectivity index (χ1n) is 5.97. The number of pyridine rings is 1. The van der Waals surface area contributed by atoms with Gasteiger partial charge in [-0.05, 0) is 5.56 Å². The van der Waals surface area contributed by atoms with Crippen molar-refractivity contribution in [1.29, 1.82) is 0 Å². The van der Waals surface area contributed by atoms with E-state index in [-0.39, 0.29) is 0 Å². The van der Waals surface area contributed by atoms with Crippen LogP contribution in [0.3, 0.4) is 0 Å². The quantitative estimate of drug-likeness (QED) is 0.852. The maximum Gasteiger partial charge on any atom is 0.212 e. The standard InChI is InChI=1S/C13H15ClN4O/c1-3-11-17-10(14)6-12(18-11)15-7-9-4-5-13(19-2)16-8-9/h4-6,8H,3,7H2,1-2H3,(H,15,17,18). The molecule has 2 heterocycles. The number of aryl methyl sites for hydroxylation is 1. The molecule has 1 N–H and O–H groups in total. The summed E-state index contributed by atoms with van der Waals surface area (Å²) in [6.07, 6.45) is 2.51. The minimum Gasteiger partial charge on any atom is -0.481 e. The number of anilines is 1. The third kappa shape index (κ3) is 3.79. The highest BCUT2D eigenvalue weighted by Crippen LogP contribution is 2.13. The maximum absolute atomic E-state index is 5.93. The van der Waals surface area contributed by atoms with Gasteiger partial charge in [0, 0.05) is 31.3 Å². The number of halogens is 1. The molecule has 0 unspecified atom stereocenters. The lowest BCUT2D eigenvalue weighted by Crippen LogP contribution is -2.04. The van der Waals surface area contributed by atoms with E-state index in [0.717, 1.165) is 17.8 Å². The van der Waals surface area contributed by atoms with Crippen LogP contribution in [0, 0.1) is 0 Å². The molecule has 0 radical (unpaired) electrons. The van der Waals surface area contributed by atoms with Gasteiger partial charge in [-0.1, -0.05) is 24.6 Å². The van der Waals surface area contributed by atoms with Crippen molar-refractivity contribution in [2.24, 2.45) is 0 Å². The van der Waals surface area contributed by atoms with Crippen LogP contribution in [0.4, 0.5) is 5.82 Å². The van der Waals surface area contributed by atoms with Crippen LogP contribution in [-0.4, -0.2) is 22.1 Å². The Kier molecular flexibility index (Phi) is 4.52. The Bertz CT molecular complexity index is 545. The summed E-state index contributed by atoms with van der Waals surface area (Å²) in [5.74, 6) is 2.04. The molecule has 0 aliphatic carbocycles. The Morgan fingerprint density at radius 1 is 1.32 bits per heavy atom. The Morgan fingerprint density at radius 3 is 2.79 bits per heavy atom. The first kappa shape index (κ1) is 13.5. The summed E-state index contributed by atoms with van der Waals surface area (Å²) in [4.78, 5) is 12.6. The topological polar surface area (TPSA) is 59.9 Å². The van der Waals surface area contributed by atoms with Crippen LogP contribution in [0.5, 0.6) is 5.88 Å². The molecule has 0 amide bonds. The summed E-state index contributed by atoms with van der Waals surface area (Å²) in [5, 5.41) is 3.64. The van der Waals surface area contributed by atoms with Crippen molar-refractivity contribution in [3.63, 3.8) is 0 Å². The van der Waals surface area contributed by atoms with E-state index in [0.29, 0.717) is 23.4 Å². The van der Waals surface area contributed by atoms with Crippen LogP contribution < -0.4 is 10.1 Å². The Morgan fingerprint density at radius 2 is 2.16 bits per heavy atom. The van der Waals surface area contributed by atoms with Gasteiger partial charge in [-0.15, -0.1) is 0 Å². The Balaban J connectivity index is 2.03. The van der Waals surface area contributed by atoms with E-state index in [1.807, 2.05) is 19.1 Å². The summed E-state index contributed by atoms with van der Waals surface area (Å²) in [6.45, 7) is 2.61. The normalized spacial score (nSPS) is 10.3. The fraction of sp³-hybridized carbons (Fsp3) is 0.308. The molecule has 0 fully saturated rings. The van der Waals surface area contributed by atoms with Crippen LogP contribution in [0.1, 0.15) is 18.3 Å². The van der Waals surface area contributed by atoms with Gasteiger partial charge in [0.05, 0.1) is 7.11 Å². The molecule has 2 aromatic rings. The molecule has 5 nitrogen and oxygen atoms in total. The number of methoxy groups -OCH3 is 1. The Hall–Kier alpha value is -1.88. The van der Waals surface area contributed by atoms with E-state index >= 15 is 0 Å². The van der Waals surface area contributed by atoms with Gasteiger partial charge in [0.15, 0.2) is 0 Å². The molecular weight excluding hydrogens is 264 g/mol. The van der Waals surface area contributed by atoms with E-state index in [1.54, 1.807) is 19.4 Å². The molecule has 0 spiro atoms. The average Bonchev–Trinajstić information content (AvgIpc) is 2.45. The van der Waals surface area contributed by atoms with E-state index in [9.17, 15) is 0 Å². The zero-order valence-corrected chi connectivity index (χ0v) is 11.6. The summed E-state index contributed by atoms with van der Waals surface area (Å²) >= 11 is 5.93. The molecule has 0 aliphatic rings. The molecule has 19 heavy (non-hydrogen) atoms. The molecule has 0 saturated heterocycles. The highest BCUT2D eigenvalue weighted by Gasteiger charge is 2.02. The molecule has 6 heteroatoms. The minimum absolute atomic E-state index is 0.446. The molecule has 100 valence electrons. The van der Waals surface area contributed by atoms with Crippen LogP contribution >= 0.6 is 11.6 Å². The zero-order chi connectivity index (χ0) is 13.7. The average molecular weight is 279 g/mol. The largest absolute Gasteiger partial charge is 0.481 e. The summed E-state index contributed by atoms with van der Waals surface area (Å²) in [6, 6.07) is 5.47. The third-order valence-corrected chi connectivity index (χ3v) is 2.73. The van der Waals surface area contributed by atoms with Gasteiger partial charge >= 0.3 is 0 Å². The predicted molar refractivity (Wildman–Crippen MR) is 74.5 cm³/mol. The lowest BCUT2D eigenvalue weighted by molar-refractivity contribution is 0.397. The molecule has 2 rings (SSSR count). The number of ether oxygens (including phenoxy) is 1. The predicted octanol–water partition coefficient (Wildman–Crippen LogP) is 2.71. The van der Waals surface area contributed by atoms with Crippen LogP contribution in [0.2, 0.25) is 5.15 Å². The highest BCUT2D eigenvalue weighted by molar-refractivity contribution is 6.29. The molecule has 0 aromatic carbocycles. The molecule has 2 aromatic heterocycles. The van der Waals surface area contributed by atoms with Gasteiger partial charge in [-0.3, -0.25) is 0 Å². The number of aromatic nitrogens is 3. The summed E-state index contributed by atoms with van der Waals surface area (Å²) in [5.41, 5.74) is 1.04. The van der Waals surface area contributed by atoms with Crippen molar-refractivity contribution in [3.05, 3.63) is 40.9 Å². The van der Waals surface area contributed by atoms with E-state index in [2.05, 4.69) is 20.3 Å². The van der Waals surface area contributed by atoms with Crippen LogP contribution in [0.15, 0.2) is 24.4 Å². The monoisotopic (exact) mass is 278 g/mol. The van der Waals surface area contributed by atoms with Crippen molar-refractivity contribution < 1.29 is 4.74 Å². The van der Waals surface area contributed by atoms with Crippen molar-refractivity contribution in [2.75, 3.05) is 12.4 Å². The Labute approximate surface area is 117 Å². The second kappa shape index (κ2) is 6.33. The zero-order valence-electron chi connectivity index (χ0n) is 10.9. The summed E-state index contributed by atoms with van der Waals surface area (Å²) in [7, 11) is 1.59. The first-order valence-corrected chi connectivity index (χ1v) is 6.35. The van der Waals surface area contributed by atoms with E-state index in [1.165, 1.54) is 0 Å². The number of nitrogens with one attached hydrogen (secondary N) is 1. The SMILES string of the molecule is CCc1nc(Cl)cc(NCc2ccc(OC)nc2)n1. The molecule has 0 atom stereocenters. The van der Waals surface area contributed by atoms with E-state index in [4.69, 9.17) is 16.3 Å². The number of hydrogen-bond acceptors (Lipinski definition) is 5. The van der Waals surface area contributed by atoms with E-state index < -0.39 is 0 Å². The highest BCUT2D eigenvalue weighted by atomic mass is 35.5. The van der Waals surface area contributed by atoms with Crippen molar-refractivity contribution >= 4 is 17.4 Å². The van der Waals surface area contributed by atoms with Gasteiger partial charge in [0.2, 0.25) is 5.88 Å². The fourth-order valence-corrected chi connectivity index (χ4v) is 1.74. The fourth-order valence-electron chi connectivity index (χ4n) is 1.54. The molecule has 0 bridgehead atoms. The second-order valence-corrected chi connectivity index (χ2v) is 4.30. The lowest BCUT2D eigenvalue weighted by atomic mass is 10.3. The first-order chi connectivity index (χ1) is 9.21. The van der Waals surface area contributed by atoms with Gasteiger partial charge in [-0.2, -0.15) is 0 Å². The third-order valence-electron chi connectivity index (χ3n) is 2.54. The second-order valence-electron chi connectivity index (χ2n) is 3.91. The van der Waals surface area contributed by atoms with Crippen LogP contribution in [0.25, 0.3) is 0 Å². The number of rotatable bonds is 5. The smallest absolute Gasteiger partial charge is 0.212 e. The van der Waals surface area contributed by atoms with Crippen molar-refractivity contribution in [3.8, 4) is 5.88 Å². The van der Waals surface area contributed by atoms with Gasteiger partial charge in [0.1, 0.15) is 16.8 Å². The lowest BCUT2D eigenvalue weighted by Gasteiger charge is -2.07. The number of hydrogen-bond donors (Lipinski definition) is 1. The number of nitrogens with zero attached hydrogens (tertiary/aromatic N) is 3. The molecular formula is C13H15ClN4O. The van der Waals surface area contributed by atoms with Crippen LogP contribution in [-0.2, 0) is 13.0 Å². The molecule has 0 aliphatic heterocycles. The maximum atomic E-state index is 5.93. The van der Waals surface area contributed by atoms with Gasteiger partial charge in [-0.25, -0.2) is 15.0 Å². The van der Waals surface area contributed by atoms with Gasteiger partial charge < -0.3 is 10.1 Å².